The van der Waals surface area contributed by atoms with E-state index in [-0.39, 0.29) is 0 Å². The van der Waals surface area contributed by atoms with Crippen molar-refractivity contribution < 1.29 is 0 Å². The molecule has 0 unspecified atom stereocenters. The summed E-state index contributed by atoms with van der Waals surface area (Å²) in [6, 6.07) is 36.5. The van der Waals surface area contributed by atoms with Crippen LogP contribution in [0.3, 0.4) is 0 Å². The van der Waals surface area contributed by atoms with Crippen LogP contribution in [0.25, 0.3) is 16.7 Å². The lowest BCUT2D eigenvalue weighted by Gasteiger charge is -2.26. The Balaban J connectivity index is 1.52. The van der Waals surface area contributed by atoms with Gasteiger partial charge < -0.3 is 4.90 Å². The van der Waals surface area contributed by atoms with Crippen LogP contribution in [0.4, 0.5) is 17.1 Å². The molecule has 0 spiro atoms. The number of hydrogen-bond donors (Lipinski definition) is 0. The lowest BCUT2D eigenvalue weighted by atomic mass is 10.0. The molecule has 1 heteroatoms. The fraction of sp³-hybridized carbons (Fsp3) is 0.0303. The second kappa shape index (κ2) is 9.53. The normalized spacial score (nSPS) is 12.1. The van der Waals surface area contributed by atoms with E-state index < -0.39 is 0 Å². The van der Waals surface area contributed by atoms with Crippen LogP contribution in [0.2, 0.25) is 0 Å². The summed E-state index contributed by atoms with van der Waals surface area (Å²) in [5.41, 5.74) is 16.4. The molecule has 4 aromatic carbocycles. The first kappa shape index (κ1) is 21.3. The molecule has 4 aromatic rings. The molecule has 0 heterocycles. The quantitative estimate of drug-likeness (QED) is 0.273. The maximum absolute atomic E-state index is 3.84. The smallest absolute Gasteiger partial charge is 0.0462 e. The Hall–Kier alpha value is -4.54. The summed E-state index contributed by atoms with van der Waals surface area (Å²) in [4.78, 5) is 2.29. The van der Waals surface area contributed by atoms with Crippen LogP contribution in [0, 0.1) is 6.92 Å². The molecule has 0 fully saturated rings. The summed E-state index contributed by atoms with van der Waals surface area (Å²) in [7, 11) is 0. The van der Waals surface area contributed by atoms with Gasteiger partial charge in [-0.05, 0) is 77.7 Å². The van der Waals surface area contributed by atoms with E-state index in [0.29, 0.717) is 0 Å². The lowest BCUT2D eigenvalue weighted by molar-refractivity contribution is 1.27. The lowest BCUT2D eigenvalue weighted by Crippen LogP contribution is -2.10. The van der Waals surface area contributed by atoms with Gasteiger partial charge in [0.05, 0.1) is 0 Å². The highest BCUT2D eigenvalue weighted by Crippen LogP contribution is 2.36. The molecule has 0 saturated heterocycles. The summed E-state index contributed by atoms with van der Waals surface area (Å²) in [6.07, 6.45) is 5.84. The predicted octanol–water partition coefficient (Wildman–Crippen LogP) is 8.95. The van der Waals surface area contributed by atoms with Crippen LogP contribution in [-0.4, -0.2) is 0 Å². The molecular formula is C33H25N. The minimum absolute atomic E-state index is 0.946. The topological polar surface area (TPSA) is 3.24 Å². The summed E-state index contributed by atoms with van der Waals surface area (Å²) >= 11 is 0. The number of rotatable bonds is 6. The molecule has 34 heavy (non-hydrogen) atoms. The molecule has 162 valence electrons. The molecule has 0 saturated carbocycles. The summed E-state index contributed by atoms with van der Waals surface area (Å²) in [6.45, 7) is 5.96. The van der Waals surface area contributed by atoms with E-state index >= 15 is 0 Å². The summed E-state index contributed by atoms with van der Waals surface area (Å²) in [5, 5.41) is 0. The van der Waals surface area contributed by atoms with Crippen molar-refractivity contribution in [2.24, 2.45) is 0 Å². The largest absolute Gasteiger partial charge is 0.311 e. The highest BCUT2D eigenvalue weighted by molar-refractivity contribution is 5.82. The van der Waals surface area contributed by atoms with Crippen LogP contribution in [0.5, 0.6) is 0 Å². The Morgan fingerprint density at radius 2 is 1.18 bits per heavy atom. The minimum Gasteiger partial charge on any atom is -0.311 e. The third-order valence-corrected chi connectivity index (χ3v) is 5.96. The monoisotopic (exact) mass is 435 g/mol. The molecule has 0 radical (unpaired) electrons. The fourth-order valence-electron chi connectivity index (χ4n) is 4.10. The van der Waals surface area contributed by atoms with E-state index in [2.05, 4.69) is 133 Å². The van der Waals surface area contributed by atoms with Crippen LogP contribution in [0.1, 0.15) is 11.1 Å². The molecule has 0 amide bonds. The number of hydrogen-bond acceptors (Lipinski definition) is 1. The van der Waals surface area contributed by atoms with E-state index in [1.54, 1.807) is 6.08 Å². The van der Waals surface area contributed by atoms with Gasteiger partial charge in [0.15, 0.2) is 0 Å². The zero-order chi connectivity index (χ0) is 23.3. The molecule has 1 nitrogen and oxygen atoms in total. The second-order valence-corrected chi connectivity index (χ2v) is 8.30. The molecule has 5 rings (SSSR count). The van der Waals surface area contributed by atoms with Gasteiger partial charge in [-0.25, -0.2) is 0 Å². The van der Waals surface area contributed by atoms with Gasteiger partial charge in [-0.1, -0.05) is 96.4 Å². The van der Waals surface area contributed by atoms with E-state index in [4.69, 9.17) is 0 Å². The van der Waals surface area contributed by atoms with Crippen LogP contribution < -0.4 is 4.90 Å². The van der Waals surface area contributed by atoms with Gasteiger partial charge in [-0.2, -0.15) is 0 Å². The summed E-state index contributed by atoms with van der Waals surface area (Å²) < 4.78 is 0. The van der Waals surface area contributed by atoms with E-state index in [1.807, 2.05) is 12.1 Å². The molecule has 1 aliphatic rings. The molecular weight excluding hydrogens is 410 g/mol. The van der Waals surface area contributed by atoms with Gasteiger partial charge >= 0.3 is 0 Å². The first-order chi connectivity index (χ1) is 16.7. The van der Waals surface area contributed by atoms with Gasteiger partial charge in [0, 0.05) is 22.6 Å². The fourth-order valence-corrected chi connectivity index (χ4v) is 4.10. The van der Waals surface area contributed by atoms with Crippen molar-refractivity contribution in [3.63, 3.8) is 0 Å². The van der Waals surface area contributed by atoms with Crippen LogP contribution in [-0.2, 0) is 0 Å². The maximum Gasteiger partial charge on any atom is 0.0462 e. The van der Waals surface area contributed by atoms with Crippen molar-refractivity contribution in [3.8, 4) is 11.1 Å². The van der Waals surface area contributed by atoms with Crippen molar-refractivity contribution in [2.45, 2.75) is 6.92 Å². The first-order valence-electron chi connectivity index (χ1n) is 11.4. The average molecular weight is 436 g/mol. The highest BCUT2D eigenvalue weighted by atomic mass is 15.1. The van der Waals surface area contributed by atoms with Crippen molar-refractivity contribution in [3.05, 3.63) is 156 Å². The van der Waals surface area contributed by atoms with Crippen LogP contribution in [0.15, 0.2) is 145 Å². The van der Waals surface area contributed by atoms with Gasteiger partial charge in [0.1, 0.15) is 0 Å². The Morgan fingerprint density at radius 3 is 1.76 bits per heavy atom. The Morgan fingerprint density at radius 1 is 0.647 bits per heavy atom. The SMILES string of the molecule is C=CC1=C=C=CC(c2ccc(N(c3ccc(C)cc3)c3ccc(-c4ccccc4)cc3)cc2)=C1. The Kier molecular flexibility index (Phi) is 5.97. The second-order valence-electron chi connectivity index (χ2n) is 8.30. The minimum atomic E-state index is 0.946. The number of benzene rings is 4. The third-order valence-electron chi connectivity index (χ3n) is 5.96. The van der Waals surface area contributed by atoms with Crippen molar-refractivity contribution in [1.82, 2.24) is 0 Å². The molecule has 0 aromatic heterocycles. The van der Waals surface area contributed by atoms with Crippen molar-refractivity contribution in [2.75, 3.05) is 4.90 Å². The third kappa shape index (κ3) is 4.49. The van der Waals surface area contributed by atoms with Gasteiger partial charge in [0.2, 0.25) is 0 Å². The molecule has 0 bridgehead atoms. The van der Waals surface area contributed by atoms with Crippen LogP contribution >= 0.6 is 0 Å². The molecule has 0 aliphatic heterocycles. The van der Waals surface area contributed by atoms with E-state index in [1.165, 1.54) is 16.7 Å². The van der Waals surface area contributed by atoms with Gasteiger partial charge in [0.25, 0.3) is 0 Å². The maximum atomic E-state index is 3.84. The predicted molar refractivity (Wildman–Crippen MR) is 145 cm³/mol. The van der Waals surface area contributed by atoms with Gasteiger partial charge in [-0.15, -0.1) is 0 Å². The van der Waals surface area contributed by atoms with Crippen molar-refractivity contribution in [1.29, 1.82) is 0 Å². The zero-order valence-corrected chi connectivity index (χ0v) is 19.2. The first-order valence-corrected chi connectivity index (χ1v) is 11.4. The highest BCUT2D eigenvalue weighted by Gasteiger charge is 2.13. The number of nitrogens with zero attached hydrogens (tertiary/aromatic N) is 1. The standard InChI is InChI=1S/C33H25N/c1-3-26-8-7-11-30(24-26)29-16-22-33(23-17-29)34(31-18-12-25(2)13-19-31)32-20-14-28(15-21-32)27-9-5-4-6-10-27/h3-6,9-24H,1H2,2H3. The number of aryl methyl sites for hydroxylation is 1. The summed E-state index contributed by atoms with van der Waals surface area (Å²) in [5.74, 6) is 0. The number of anilines is 3. The molecule has 1 aliphatic carbocycles. The average Bonchev–Trinajstić information content (AvgIpc) is 2.91. The van der Waals surface area contributed by atoms with E-state index in [9.17, 15) is 0 Å². The molecule has 0 N–H and O–H groups in total. The Bertz CT molecular complexity index is 1440. The number of allylic oxidation sites excluding steroid dienone is 5. The van der Waals surface area contributed by atoms with Gasteiger partial charge in [-0.3, -0.25) is 0 Å². The zero-order valence-electron chi connectivity index (χ0n) is 19.2. The molecule has 0 atom stereocenters. The van der Waals surface area contributed by atoms with Crippen molar-refractivity contribution >= 4 is 22.6 Å². The van der Waals surface area contributed by atoms with E-state index in [0.717, 1.165) is 33.8 Å². The Labute approximate surface area is 201 Å².